The van der Waals surface area contributed by atoms with Crippen molar-refractivity contribution in [2.24, 2.45) is 5.92 Å². The van der Waals surface area contributed by atoms with Gasteiger partial charge in [-0.3, -0.25) is 4.79 Å². The standard InChI is InChI=1S/C15H32N4O/c1-13(12-16-2)15(20)19(11-10-17(3)4)14-6-8-18(5)9-7-14/h13-14,16H,6-12H2,1-5H3. The van der Waals surface area contributed by atoms with Gasteiger partial charge in [0.2, 0.25) is 5.91 Å². The summed E-state index contributed by atoms with van der Waals surface area (Å²) in [6.07, 6.45) is 2.20. The number of rotatable bonds is 7. The van der Waals surface area contributed by atoms with Crippen LogP contribution in [-0.4, -0.2) is 87.6 Å². The summed E-state index contributed by atoms with van der Waals surface area (Å²) >= 11 is 0. The van der Waals surface area contributed by atoms with Crippen molar-refractivity contribution >= 4 is 5.91 Å². The van der Waals surface area contributed by atoms with Crippen molar-refractivity contribution in [1.82, 2.24) is 20.0 Å². The van der Waals surface area contributed by atoms with Gasteiger partial charge in [-0.15, -0.1) is 0 Å². The molecule has 0 aromatic heterocycles. The van der Waals surface area contributed by atoms with Crippen molar-refractivity contribution < 1.29 is 4.79 Å². The number of likely N-dealkylation sites (tertiary alicyclic amines) is 1. The fraction of sp³-hybridized carbons (Fsp3) is 0.933. The number of nitrogens with one attached hydrogen (secondary N) is 1. The molecule has 1 unspecified atom stereocenters. The second kappa shape index (κ2) is 8.60. The molecule has 0 bridgehead atoms. The average molecular weight is 284 g/mol. The van der Waals surface area contributed by atoms with Crippen LogP contribution in [0.1, 0.15) is 19.8 Å². The minimum absolute atomic E-state index is 0.0572. The Kier molecular flexibility index (Phi) is 7.48. The molecule has 1 atom stereocenters. The van der Waals surface area contributed by atoms with E-state index >= 15 is 0 Å². The van der Waals surface area contributed by atoms with E-state index in [0.29, 0.717) is 11.9 Å². The molecule has 1 saturated heterocycles. The quantitative estimate of drug-likeness (QED) is 0.731. The lowest BCUT2D eigenvalue weighted by Crippen LogP contribution is -2.51. The fourth-order valence-corrected chi connectivity index (χ4v) is 2.76. The van der Waals surface area contributed by atoms with Crippen LogP contribution in [0.5, 0.6) is 0 Å². The molecule has 0 saturated carbocycles. The number of hydrogen-bond donors (Lipinski definition) is 1. The van der Waals surface area contributed by atoms with Crippen molar-refractivity contribution in [3.05, 3.63) is 0 Å². The lowest BCUT2D eigenvalue weighted by atomic mass is 10.0. The Bertz CT molecular complexity index is 288. The molecule has 118 valence electrons. The molecule has 20 heavy (non-hydrogen) atoms. The van der Waals surface area contributed by atoms with E-state index in [-0.39, 0.29) is 5.92 Å². The van der Waals surface area contributed by atoms with Crippen LogP contribution in [0.15, 0.2) is 0 Å². The zero-order valence-electron chi connectivity index (χ0n) is 13.9. The van der Waals surface area contributed by atoms with Gasteiger partial charge in [-0.05, 0) is 54.1 Å². The van der Waals surface area contributed by atoms with Crippen LogP contribution in [0.2, 0.25) is 0 Å². The van der Waals surface area contributed by atoms with Gasteiger partial charge in [0.05, 0.1) is 0 Å². The van der Waals surface area contributed by atoms with Crippen molar-refractivity contribution in [3.63, 3.8) is 0 Å². The molecule has 0 aromatic rings. The van der Waals surface area contributed by atoms with Gasteiger partial charge in [-0.25, -0.2) is 0 Å². The van der Waals surface area contributed by atoms with Gasteiger partial charge in [-0.2, -0.15) is 0 Å². The summed E-state index contributed by atoms with van der Waals surface area (Å²) in [6.45, 7) is 6.74. The molecule has 1 aliphatic heterocycles. The van der Waals surface area contributed by atoms with Gasteiger partial charge in [-0.1, -0.05) is 6.92 Å². The molecule has 1 amide bonds. The van der Waals surface area contributed by atoms with Crippen LogP contribution in [0.3, 0.4) is 0 Å². The molecular formula is C15H32N4O. The van der Waals surface area contributed by atoms with Crippen LogP contribution < -0.4 is 5.32 Å². The fourth-order valence-electron chi connectivity index (χ4n) is 2.76. The van der Waals surface area contributed by atoms with E-state index in [2.05, 4.69) is 41.2 Å². The van der Waals surface area contributed by atoms with Gasteiger partial charge >= 0.3 is 0 Å². The van der Waals surface area contributed by atoms with Gasteiger partial charge in [0.15, 0.2) is 0 Å². The molecule has 1 rings (SSSR count). The first kappa shape index (κ1) is 17.4. The molecule has 5 heteroatoms. The molecule has 1 N–H and O–H groups in total. The highest BCUT2D eigenvalue weighted by Crippen LogP contribution is 2.18. The average Bonchev–Trinajstić information content (AvgIpc) is 2.40. The highest BCUT2D eigenvalue weighted by molar-refractivity contribution is 5.79. The minimum atomic E-state index is 0.0572. The van der Waals surface area contributed by atoms with Crippen LogP contribution in [-0.2, 0) is 4.79 Å². The Balaban J connectivity index is 2.66. The largest absolute Gasteiger partial charge is 0.338 e. The van der Waals surface area contributed by atoms with Crippen molar-refractivity contribution in [2.45, 2.75) is 25.8 Å². The maximum absolute atomic E-state index is 12.7. The number of amides is 1. The van der Waals surface area contributed by atoms with E-state index in [9.17, 15) is 4.79 Å². The molecule has 5 nitrogen and oxygen atoms in total. The van der Waals surface area contributed by atoms with Crippen LogP contribution in [0.25, 0.3) is 0 Å². The molecule has 1 heterocycles. The minimum Gasteiger partial charge on any atom is -0.338 e. The normalized spacial score (nSPS) is 19.3. The Morgan fingerprint density at radius 1 is 1.30 bits per heavy atom. The number of carbonyl (C=O) groups is 1. The van der Waals surface area contributed by atoms with Crippen LogP contribution in [0.4, 0.5) is 0 Å². The van der Waals surface area contributed by atoms with E-state index in [4.69, 9.17) is 0 Å². The maximum Gasteiger partial charge on any atom is 0.226 e. The lowest BCUT2D eigenvalue weighted by Gasteiger charge is -2.39. The third-order valence-electron chi connectivity index (χ3n) is 4.13. The Morgan fingerprint density at radius 3 is 2.40 bits per heavy atom. The maximum atomic E-state index is 12.7. The van der Waals surface area contributed by atoms with Crippen LogP contribution in [0, 0.1) is 5.92 Å². The lowest BCUT2D eigenvalue weighted by molar-refractivity contribution is -0.138. The van der Waals surface area contributed by atoms with E-state index in [1.165, 1.54) is 0 Å². The van der Waals surface area contributed by atoms with Crippen molar-refractivity contribution in [1.29, 1.82) is 0 Å². The summed E-state index contributed by atoms with van der Waals surface area (Å²) in [6, 6.07) is 0.415. The van der Waals surface area contributed by atoms with Crippen molar-refractivity contribution in [3.8, 4) is 0 Å². The van der Waals surface area contributed by atoms with Gasteiger partial charge < -0.3 is 20.0 Å². The Hall–Kier alpha value is -0.650. The monoisotopic (exact) mass is 284 g/mol. The zero-order chi connectivity index (χ0) is 15.1. The van der Waals surface area contributed by atoms with Gasteiger partial charge in [0.25, 0.3) is 0 Å². The number of piperidine rings is 1. The highest BCUT2D eigenvalue weighted by Gasteiger charge is 2.29. The molecule has 0 spiro atoms. The molecular weight excluding hydrogens is 252 g/mol. The third kappa shape index (κ3) is 5.38. The zero-order valence-corrected chi connectivity index (χ0v) is 13.9. The summed E-state index contributed by atoms with van der Waals surface area (Å²) in [5.74, 6) is 0.359. The molecule has 1 aliphatic rings. The summed E-state index contributed by atoms with van der Waals surface area (Å²) in [4.78, 5) is 19.3. The topological polar surface area (TPSA) is 38.8 Å². The summed E-state index contributed by atoms with van der Waals surface area (Å²) < 4.78 is 0. The van der Waals surface area contributed by atoms with Crippen LogP contribution >= 0.6 is 0 Å². The van der Waals surface area contributed by atoms with Crippen molar-refractivity contribution in [2.75, 3.05) is 60.9 Å². The molecule has 0 aliphatic carbocycles. The third-order valence-corrected chi connectivity index (χ3v) is 4.13. The molecule has 1 fully saturated rings. The smallest absolute Gasteiger partial charge is 0.226 e. The number of carbonyl (C=O) groups excluding carboxylic acids is 1. The molecule has 0 radical (unpaired) electrons. The van der Waals surface area contributed by atoms with E-state index in [1.54, 1.807) is 0 Å². The second-order valence-electron chi connectivity index (χ2n) is 6.33. The first-order valence-corrected chi connectivity index (χ1v) is 7.74. The van der Waals surface area contributed by atoms with Gasteiger partial charge in [0, 0.05) is 31.6 Å². The second-order valence-corrected chi connectivity index (χ2v) is 6.33. The Morgan fingerprint density at radius 2 is 1.90 bits per heavy atom. The van der Waals surface area contributed by atoms with E-state index in [0.717, 1.165) is 45.6 Å². The predicted octanol–water partition coefficient (Wildman–Crippen LogP) is 0.326. The van der Waals surface area contributed by atoms with Gasteiger partial charge in [0.1, 0.15) is 0 Å². The first-order chi connectivity index (χ1) is 9.45. The first-order valence-electron chi connectivity index (χ1n) is 7.74. The van der Waals surface area contributed by atoms with E-state index in [1.807, 2.05) is 14.0 Å². The number of likely N-dealkylation sites (N-methyl/N-ethyl adjacent to an activating group) is 1. The Labute approximate surface area is 124 Å². The predicted molar refractivity (Wildman–Crippen MR) is 83.9 cm³/mol. The number of hydrogen-bond acceptors (Lipinski definition) is 4. The SMILES string of the molecule is CNCC(C)C(=O)N(CCN(C)C)C1CCN(C)CC1. The number of nitrogens with zero attached hydrogens (tertiary/aromatic N) is 3. The summed E-state index contributed by atoms with van der Waals surface area (Å²) in [5, 5.41) is 3.11. The summed E-state index contributed by atoms with van der Waals surface area (Å²) in [7, 11) is 8.19. The van der Waals surface area contributed by atoms with E-state index < -0.39 is 0 Å². The molecule has 0 aromatic carbocycles. The summed E-state index contributed by atoms with van der Waals surface area (Å²) in [5.41, 5.74) is 0. The highest BCUT2D eigenvalue weighted by atomic mass is 16.2.